The van der Waals surface area contributed by atoms with Crippen molar-refractivity contribution in [3.05, 3.63) is 0 Å². The molecule has 0 bridgehead atoms. The van der Waals surface area contributed by atoms with Crippen LogP contribution in [0, 0.1) is 0 Å². The molecule has 0 aromatic carbocycles. The van der Waals surface area contributed by atoms with Gasteiger partial charge in [0.25, 0.3) is 0 Å². The van der Waals surface area contributed by atoms with Crippen LogP contribution in [-0.2, 0) is 28.8 Å². The third-order valence-corrected chi connectivity index (χ3v) is 6.37. The number of rotatable bonds is 5. The summed E-state index contributed by atoms with van der Waals surface area (Å²) >= 11 is 4.82. The van der Waals surface area contributed by atoms with Crippen LogP contribution in [0.15, 0.2) is 0 Å². The molecule has 1 saturated heterocycles. The number of primary amides is 1. The smallest absolute Gasteiger partial charge is 0.318 e. The summed E-state index contributed by atoms with van der Waals surface area (Å²) < 4.78 is 0. The maximum absolute atomic E-state index is 12.7. The molecule has 0 aromatic heterocycles. The highest BCUT2D eigenvalue weighted by atomic mass is 32.2. The van der Waals surface area contributed by atoms with Crippen LogP contribution in [0.2, 0.25) is 0 Å². The van der Waals surface area contributed by atoms with Gasteiger partial charge in [0.05, 0.1) is 25.1 Å². The third kappa shape index (κ3) is 8.71. The summed E-state index contributed by atoms with van der Waals surface area (Å²) in [7, 11) is 0. The maximum atomic E-state index is 12.7. The van der Waals surface area contributed by atoms with Crippen LogP contribution in [0.4, 0.5) is 0 Å². The Kier molecular flexibility index (Phi) is 11.4. The summed E-state index contributed by atoms with van der Waals surface area (Å²) in [6.45, 7) is 0.461. The highest BCUT2D eigenvalue weighted by molar-refractivity contribution is 8.00. The van der Waals surface area contributed by atoms with E-state index < -0.39 is 84.0 Å². The van der Waals surface area contributed by atoms with Crippen molar-refractivity contribution < 1.29 is 39.0 Å². The lowest BCUT2D eigenvalue weighted by atomic mass is 10.1. The largest absolute Gasteiger partial charge is 0.480 e. The van der Waals surface area contributed by atoms with Crippen molar-refractivity contribution in [3.63, 3.8) is 0 Å². The van der Waals surface area contributed by atoms with Crippen molar-refractivity contribution in [1.29, 1.82) is 0 Å². The number of thioether (sulfide) groups is 1. The Morgan fingerprint density at radius 3 is 2.12 bits per heavy atom. The zero-order chi connectivity index (χ0) is 25.3. The number of carboxylic acids is 1. The van der Waals surface area contributed by atoms with Gasteiger partial charge < -0.3 is 42.9 Å². The van der Waals surface area contributed by atoms with Crippen molar-refractivity contribution >= 4 is 59.9 Å². The molecule has 14 nitrogen and oxygen atoms in total. The number of carbonyl (C=O) groups is 6. The van der Waals surface area contributed by atoms with Crippen LogP contribution in [-0.4, -0.2) is 99.3 Å². The summed E-state index contributed by atoms with van der Waals surface area (Å²) in [5, 5.41) is 26.9. The van der Waals surface area contributed by atoms with E-state index in [1.165, 1.54) is 6.92 Å². The first-order valence-electron chi connectivity index (χ1n) is 9.72. The maximum Gasteiger partial charge on any atom is 0.318 e. The summed E-state index contributed by atoms with van der Waals surface area (Å²) in [5.74, 6) is -6.09. The average molecular weight is 509 g/mol. The van der Waals surface area contributed by atoms with E-state index in [-0.39, 0.29) is 11.5 Å². The molecule has 0 saturated carbocycles. The first-order chi connectivity index (χ1) is 15.4. The number of hydrogen-bond acceptors (Lipinski definition) is 10. The SMILES string of the molecule is C[C@@H]1NC(=O)C(CO)NC(=O)C(N)CSC(C(=O)O)[C@@H](CS)NC(=O)C(CC(N)=O)NC1=O. The van der Waals surface area contributed by atoms with Gasteiger partial charge in [-0.25, -0.2) is 0 Å². The van der Waals surface area contributed by atoms with Gasteiger partial charge in [-0.05, 0) is 6.92 Å². The first kappa shape index (κ1) is 28.5. The molecule has 186 valence electrons. The molecular weight excluding hydrogens is 480 g/mol. The van der Waals surface area contributed by atoms with Crippen LogP contribution in [0.1, 0.15) is 13.3 Å². The highest BCUT2D eigenvalue weighted by Gasteiger charge is 2.35. The van der Waals surface area contributed by atoms with Crippen molar-refractivity contribution in [1.82, 2.24) is 21.3 Å². The number of hydrogen-bond donors (Lipinski definition) is 9. The van der Waals surface area contributed by atoms with Gasteiger partial charge >= 0.3 is 5.97 Å². The number of amides is 5. The second kappa shape index (κ2) is 13.2. The molecule has 1 aliphatic rings. The zero-order valence-corrected chi connectivity index (χ0v) is 19.4. The molecule has 10 N–H and O–H groups in total. The van der Waals surface area contributed by atoms with Gasteiger partial charge in [0, 0.05) is 11.5 Å². The molecule has 1 aliphatic heterocycles. The van der Waals surface area contributed by atoms with Crippen molar-refractivity contribution in [2.75, 3.05) is 18.1 Å². The molecule has 5 amide bonds. The summed E-state index contributed by atoms with van der Waals surface area (Å²) in [4.78, 5) is 73.0. The fourth-order valence-electron chi connectivity index (χ4n) is 2.70. The molecule has 0 aliphatic carbocycles. The standard InChI is InChI=1S/C17H28N6O8S2/c1-6-13(26)21-8(2-11(19)25)15(28)23-10(4-32)12(17(30)31)33-5-7(18)14(27)22-9(3-24)16(29)20-6/h6-10,12,24,32H,2-5,18H2,1H3,(H2,19,25)(H,20,29)(H,21,26)(H,22,27)(H,23,28)(H,30,31)/t6-,7?,8?,9?,10+,12?/m0/s1. The molecule has 1 heterocycles. The molecule has 0 aromatic rings. The average Bonchev–Trinajstić information content (AvgIpc) is 2.74. The molecule has 1 rings (SSSR count). The van der Waals surface area contributed by atoms with E-state index >= 15 is 0 Å². The van der Waals surface area contributed by atoms with E-state index in [9.17, 15) is 39.0 Å². The first-order valence-corrected chi connectivity index (χ1v) is 11.4. The van der Waals surface area contributed by atoms with Gasteiger partial charge in [0.1, 0.15) is 23.4 Å². The molecule has 4 unspecified atom stereocenters. The predicted molar refractivity (Wildman–Crippen MR) is 120 cm³/mol. The molecule has 33 heavy (non-hydrogen) atoms. The van der Waals surface area contributed by atoms with Crippen LogP contribution >= 0.6 is 24.4 Å². The van der Waals surface area contributed by atoms with E-state index in [0.717, 1.165) is 11.8 Å². The number of carboxylic acid groups (broad SMARTS) is 1. The van der Waals surface area contributed by atoms with Gasteiger partial charge in [0.15, 0.2) is 0 Å². The quantitative estimate of drug-likeness (QED) is 0.161. The summed E-state index contributed by atoms with van der Waals surface area (Å²) in [6.07, 6.45) is -0.595. The van der Waals surface area contributed by atoms with E-state index in [4.69, 9.17) is 11.5 Å². The second-order valence-electron chi connectivity index (χ2n) is 7.20. The van der Waals surface area contributed by atoms with Gasteiger partial charge in [-0.1, -0.05) is 0 Å². The topological polar surface area (TPSA) is 243 Å². The number of carbonyl (C=O) groups excluding carboxylic acids is 5. The van der Waals surface area contributed by atoms with Crippen molar-refractivity contribution in [3.8, 4) is 0 Å². The van der Waals surface area contributed by atoms with Gasteiger partial charge in [-0.3, -0.25) is 28.8 Å². The fraction of sp³-hybridized carbons (Fsp3) is 0.647. The van der Waals surface area contributed by atoms with Crippen molar-refractivity contribution in [2.24, 2.45) is 11.5 Å². The Morgan fingerprint density at radius 2 is 1.61 bits per heavy atom. The van der Waals surface area contributed by atoms with E-state index in [1.807, 2.05) is 0 Å². The molecular formula is C17H28N6O8S2. The van der Waals surface area contributed by atoms with E-state index in [2.05, 4.69) is 33.9 Å². The fourth-order valence-corrected chi connectivity index (χ4v) is 4.25. The molecule has 0 spiro atoms. The lowest BCUT2D eigenvalue weighted by molar-refractivity contribution is -0.137. The Morgan fingerprint density at radius 1 is 1.03 bits per heavy atom. The Labute approximate surface area is 198 Å². The number of aliphatic hydroxyl groups is 1. The zero-order valence-electron chi connectivity index (χ0n) is 17.6. The molecule has 0 radical (unpaired) electrons. The normalized spacial score (nSPS) is 30.4. The van der Waals surface area contributed by atoms with Crippen molar-refractivity contribution in [2.45, 2.75) is 48.8 Å². The summed E-state index contributed by atoms with van der Waals surface area (Å²) in [5.41, 5.74) is 10.9. The Hall–Kier alpha value is -2.56. The van der Waals surface area contributed by atoms with Crippen LogP contribution in [0.5, 0.6) is 0 Å². The highest BCUT2D eigenvalue weighted by Crippen LogP contribution is 2.18. The minimum atomic E-state index is -1.46. The van der Waals surface area contributed by atoms with Crippen LogP contribution in [0.25, 0.3) is 0 Å². The van der Waals surface area contributed by atoms with Crippen LogP contribution < -0.4 is 32.7 Å². The number of thiol groups is 1. The lowest BCUT2D eigenvalue weighted by Gasteiger charge is -2.28. The Bertz CT molecular complexity index is 785. The number of aliphatic carboxylic acids is 1. The Balaban J connectivity index is 3.30. The van der Waals surface area contributed by atoms with Gasteiger partial charge in [0.2, 0.25) is 29.5 Å². The molecule has 16 heteroatoms. The molecule has 6 atom stereocenters. The van der Waals surface area contributed by atoms with Gasteiger partial charge in [-0.15, -0.1) is 11.8 Å². The predicted octanol–water partition coefficient (Wildman–Crippen LogP) is -4.73. The van der Waals surface area contributed by atoms with Crippen LogP contribution in [0.3, 0.4) is 0 Å². The van der Waals surface area contributed by atoms with Gasteiger partial charge in [-0.2, -0.15) is 12.6 Å². The number of nitrogens with one attached hydrogen (secondary N) is 4. The molecule has 1 fully saturated rings. The third-order valence-electron chi connectivity index (χ3n) is 4.53. The summed E-state index contributed by atoms with van der Waals surface area (Å²) in [6, 6.07) is -6.47. The lowest BCUT2D eigenvalue weighted by Crippen LogP contribution is -2.60. The number of nitrogens with two attached hydrogens (primary N) is 2. The second-order valence-corrected chi connectivity index (χ2v) is 8.74. The monoisotopic (exact) mass is 508 g/mol. The minimum Gasteiger partial charge on any atom is -0.480 e. The number of aliphatic hydroxyl groups excluding tert-OH is 1. The van der Waals surface area contributed by atoms with E-state index in [1.54, 1.807) is 0 Å². The van der Waals surface area contributed by atoms with E-state index in [0.29, 0.717) is 0 Å². The minimum absolute atomic E-state index is 0.132.